The second-order valence-corrected chi connectivity index (χ2v) is 3.81. The highest BCUT2D eigenvalue weighted by atomic mass is 16.5. The van der Waals surface area contributed by atoms with E-state index in [1.54, 1.807) is 0 Å². The van der Waals surface area contributed by atoms with Crippen molar-refractivity contribution in [3.05, 3.63) is 12.2 Å². The number of hydrogen-bond acceptors (Lipinski definition) is 2. The fourth-order valence-electron chi connectivity index (χ4n) is 1.70. The van der Waals surface area contributed by atoms with Crippen LogP contribution in [0.25, 0.3) is 0 Å². The molecule has 1 unspecified atom stereocenters. The Hall–Kier alpha value is -0.790. The lowest BCUT2D eigenvalue weighted by atomic mass is 10.1. The summed E-state index contributed by atoms with van der Waals surface area (Å²) >= 11 is 0. The van der Waals surface area contributed by atoms with Crippen molar-refractivity contribution < 1.29 is 9.53 Å². The Kier molecular flexibility index (Phi) is 5.35. The molecule has 0 aromatic rings. The lowest BCUT2D eigenvalue weighted by molar-refractivity contribution is -0.141. The molecular formula is C12H20O2. The quantitative estimate of drug-likeness (QED) is 0.370. The first-order valence-corrected chi connectivity index (χ1v) is 5.67. The van der Waals surface area contributed by atoms with Crippen LogP contribution in [0.3, 0.4) is 0 Å². The molecule has 1 atom stereocenters. The van der Waals surface area contributed by atoms with E-state index in [4.69, 9.17) is 4.74 Å². The molecule has 0 radical (unpaired) electrons. The van der Waals surface area contributed by atoms with Gasteiger partial charge in [0.2, 0.25) is 0 Å². The number of carbonyl (C=O) groups is 1. The molecule has 2 heteroatoms. The number of carbonyl (C=O) groups excluding carboxylic acids is 1. The summed E-state index contributed by atoms with van der Waals surface area (Å²) in [5.74, 6) is -0.0131. The summed E-state index contributed by atoms with van der Waals surface area (Å²) in [6.45, 7) is 2.15. The van der Waals surface area contributed by atoms with Gasteiger partial charge in [0.15, 0.2) is 0 Å². The normalized spacial score (nSPS) is 21.8. The molecule has 1 saturated heterocycles. The molecule has 0 bridgehead atoms. The number of hydrogen-bond donors (Lipinski definition) is 0. The fourth-order valence-corrected chi connectivity index (χ4v) is 1.70. The lowest BCUT2D eigenvalue weighted by Gasteiger charge is -2.07. The molecule has 80 valence electrons. The Morgan fingerprint density at radius 3 is 2.93 bits per heavy atom. The molecule has 1 fully saturated rings. The SMILES string of the molecule is CC/C=C/CCCCC1CCC(=O)O1. The maximum absolute atomic E-state index is 10.8. The van der Waals surface area contributed by atoms with Crippen LogP contribution >= 0.6 is 0 Å². The Balaban J connectivity index is 1.94. The van der Waals surface area contributed by atoms with Crippen LogP contribution in [-0.2, 0) is 9.53 Å². The summed E-state index contributed by atoms with van der Waals surface area (Å²) in [7, 11) is 0. The van der Waals surface area contributed by atoms with Crippen molar-refractivity contribution in [1.29, 1.82) is 0 Å². The maximum Gasteiger partial charge on any atom is 0.306 e. The summed E-state index contributed by atoms with van der Waals surface area (Å²) in [6.07, 6.45) is 11.9. The van der Waals surface area contributed by atoms with Crippen LogP contribution in [0.5, 0.6) is 0 Å². The van der Waals surface area contributed by atoms with Gasteiger partial charge in [0.1, 0.15) is 6.10 Å². The lowest BCUT2D eigenvalue weighted by Crippen LogP contribution is -2.05. The minimum atomic E-state index is -0.0131. The van der Waals surface area contributed by atoms with Crippen molar-refractivity contribution in [2.45, 2.75) is 58.0 Å². The van der Waals surface area contributed by atoms with Crippen LogP contribution in [-0.4, -0.2) is 12.1 Å². The zero-order valence-electron chi connectivity index (χ0n) is 9.00. The molecule has 0 N–H and O–H groups in total. The molecule has 14 heavy (non-hydrogen) atoms. The van der Waals surface area contributed by atoms with Gasteiger partial charge >= 0.3 is 5.97 Å². The van der Waals surface area contributed by atoms with Gasteiger partial charge in [0.25, 0.3) is 0 Å². The standard InChI is InChI=1S/C12H20O2/c1-2-3-4-5-6-7-8-11-9-10-12(13)14-11/h3-4,11H,2,5-10H2,1H3/b4-3+. The van der Waals surface area contributed by atoms with E-state index in [1.807, 2.05) is 0 Å². The predicted molar refractivity (Wildman–Crippen MR) is 57.0 cm³/mol. The van der Waals surface area contributed by atoms with Gasteiger partial charge in [-0.05, 0) is 38.5 Å². The Morgan fingerprint density at radius 2 is 2.29 bits per heavy atom. The topological polar surface area (TPSA) is 26.3 Å². The Bertz CT molecular complexity index is 196. The molecule has 0 aromatic carbocycles. The van der Waals surface area contributed by atoms with E-state index in [0.717, 1.165) is 25.7 Å². The Morgan fingerprint density at radius 1 is 1.43 bits per heavy atom. The molecule has 1 aliphatic rings. The van der Waals surface area contributed by atoms with E-state index in [-0.39, 0.29) is 12.1 Å². The van der Waals surface area contributed by atoms with Gasteiger partial charge in [-0.25, -0.2) is 0 Å². The zero-order chi connectivity index (χ0) is 10.2. The van der Waals surface area contributed by atoms with Crippen molar-refractivity contribution in [3.8, 4) is 0 Å². The van der Waals surface area contributed by atoms with Crippen LogP contribution in [0, 0.1) is 0 Å². The average Bonchev–Trinajstić information content (AvgIpc) is 2.58. The van der Waals surface area contributed by atoms with E-state index < -0.39 is 0 Å². The molecule has 0 aliphatic carbocycles. The minimum absolute atomic E-state index is 0.0131. The van der Waals surface area contributed by atoms with Gasteiger partial charge in [0, 0.05) is 6.42 Å². The van der Waals surface area contributed by atoms with Crippen molar-refractivity contribution in [2.75, 3.05) is 0 Å². The van der Waals surface area contributed by atoms with Crippen molar-refractivity contribution >= 4 is 5.97 Å². The highest BCUT2D eigenvalue weighted by molar-refractivity contribution is 5.71. The van der Waals surface area contributed by atoms with E-state index in [9.17, 15) is 4.79 Å². The van der Waals surface area contributed by atoms with Crippen molar-refractivity contribution in [1.82, 2.24) is 0 Å². The van der Waals surface area contributed by atoms with Gasteiger partial charge in [-0.15, -0.1) is 0 Å². The highest BCUT2D eigenvalue weighted by Crippen LogP contribution is 2.19. The number of unbranched alkanes of at least 4 members (excludes halogenated alkanes) is 2. The smallest absolute Gasteiger partial charge is 0.306 e. The van der Waals surface area contributed by atoms with E-state index in [0.29, 0.717) is 6.42 Å². The first kappa shape index (κ1) is 11.3. The van der Waals surface area contributed by atoms with E-state index in [1.165, 1.54) is 12.8 Å². The number of cyclic esters (lactones) is 1. The molecule has 1 aliphatic heterocycles. The van der Waals surface area contributed by atoms with Gasteiger partial charge in [-0.3, -0.25) is 4.79 Å². The molecule has 1 rings (SSSR count). The number of allylic oxidation sites excluding steroid dienone is 2. The first-order valence-electron chi connectivity index (χ1n) is 5.67. The van der Waals surface area contributed by atoms with Crippen LogP contribution in [0.15, 0.2) is 12.2 Å². The van der Waals surface area contributed by atoms with E-state index in [2.05, 4.69) is 19.1 Å². The first-order chi connectivity index (χ1) is 6.83. The van der Waals surface area contributed by atoms with Crippen LogP contribution < -0.4 is 0 Å². The minimum Gasteiger partial charge on any atom is -0.462 e. The molecule has 0 spiro atoms. The third-order valence-corrected chi connectivity index (χ3v) is 2.52. The van der Waals surface area contributed by atoms with Crippen molar-refractivity contribution in [2.24, 2.45) is 0 Å². The molecule has 1 heterocycles. The largest absolute Gasteiger partial charge is 0.462 e. The van der Waals surface area contributed by atoms with Crippen molar-refractivity contribution in [3.63, 3.8) is 0 Å². The molecular weight excluding hydrogens is 176 g/mol. The maximum atomic E-state index is 10.8. The molecule has 2 nitrogen and oxygen atoms in total. The summed E-state index contributed by atoms with van der Waals surface area (Å²) < 4.78 is 5.13. The van der Waals surface area contributed by atoms with Gasteiger partial charge < -0.3 is 4.74 Å². The third kappa shape index (κ3) is 4.45. The number of esters is 1. The second-order valence-electron chi connectivity index (χ2n) is 3.81. The Labute approximate surface area is 86.3 Å². The fraction of sp³-hybridized carbons (Fsp3) is 0.750. The number of ether oxygens (including phenoxy) is 1. The highest BCUT2D eigenvalue weighted by Gasteiger charge is 2.22. The van der Waals surface area contributed by atoms with Gasteiger partial charge in [-0.2, -0.15) is 0 Å². The zero-order valence-corrected chi connectivity index (χ0v) is 9.00. The summed E-state index contributed by atoms with van der Waals surface area (Å²) in [5.41, 5.74) is 0. The summed E-state index contributed by atoms with van der Waals surface area (Å²) in [5, 5.41) is 0. The summed E-state index contributed by atoms with van der Waals surface area (Å²) in [6, 6.07) is 0. The molecule has 0 aromatic heterocycles. The monoisotopic (exact) mass is 196 g/mol. The molecule has 0 saturated carbocycles. The number of rotatable bonds is 6. The second kappa shape index (κ2) is 6.63. The average molecular weight is 196 g/mol. The summed E-state index contributed by atoms with van der Waals surface area (Å²) in [4.78, 5) is 10.8. The van der Waals surface area contributed by atoms with Crippen LogP contribution in [0.1, 0.15) is 51.9 Å². The molecule has 0 amide bonds. The van der Waals surface area contributed by atoms with Gasteiger partial charge in [-0.1, -0.05) is 19.1 Å². The predicted octanol–water partition coefficient (Wildman–Crippen LogP) is 3.22. The van der Waals surface area contributed by atoms with Crippen LogP contribution in [0.4, 0.5) is 0 Å². The van der Waals surface area contributed by atoms with Gasteiger partial charge in [0.05, 0.1) is 0 Å². The van der Waals surface area contributed by atoms with E-state index >= 15 is 0 Å². The third-order valence-electron chi connectivity index (χ3n) is 2.52. The van der Waals surface area contributed by atoms with Crippen LogP contribution in [0.2, 0.25) is 0 Å².